The molecule has 1 atom stereocenters. The van der Waals surface area contributed by atoms with E-state index >= 15 is 0 Å². The number of allylic oxidation sites excluding steroid dienone is 1. The third-order valence-electron chi connectivity index (χ3n) is 2.43. The van der Waals surface area contributed by atoms with Crippen LogP contribution in [0.25, 0.3) is 0 Å². The maximum Gasteiger partial charge on any atom is 0.107 e. The van der Waals surface area contributed by atoms with Gasteiger partial charge in [-0.25, -0.2) is 4.39 Å². The summed E-state index contributed by atoms with van der Waals surface area (Å²) < 4.78 is 13.2. The predicted molar refractivity (Wildman–Crippen MR) is 43.4 cm³/mol. The van der Waals surface area contributed by atoms with Crippen molar-refractivity contribution in [3.8, 4) is 0 Å². The van der Waals surface area contributed by atoms with Gasteiger partial charge in [0.05, 0.1) is 0 Å². The van der Waals surface area contributed by atoms with Crippen LogP contribution in [0.5, 0.6) is 0 Å². The minimum absolute atomic E-state index is 0.0556. The van der Waals surface area contributed by atoms with Crippen LogP contribution in [-0.2, 0) is 0 Å². The van der Waals surface area contributed by atoms with Gasteiger partial charge in [0.2, 0.25) is 0 Å². The molecule has 0 bridgehead atoms. The molecule has 11 heavy (non-hydrogen) atoms. The van der Waals surface area contributed by atoms with Crippen molar-refractivity contribution in [2.45, 2.75) is 19.8 Å². The molecule has 0 aromatic rings. The Morgan fingerprint density at radius 2 is 2.27 bits per heavy atom. The van der Waals surface area contributed by atoms with Gasteiger partial charge >= 0.3 is 0 Å². The maximum atomic E-state index is 13.2. The van der Waals surface area contributed by atoms with Crippen LogP contribution < -0.4 is 0 Å². The fraction of sp³-hybridized carbons (Fsp3) is 0.667. The highest BCUT2D eigenvalue weighted by Crippen LogP contribution is 2.41. The van der Waals surface area contributed by atoms with Gasteiger partial charge < -0.3 is 0 Å². The lowest BCUT2D eigenvalue weighted by Crippen LogP contribution is -2.14. The van der Waals surface area contributed by atoms with Crippen molar-refractivity contribution in [3.05, 3.63) is 11.9 Å². The first-order valence-electron chi connectivity index (χ1n) is 4.15. The number of nitrogens with zero attached hydrogens (tertiary/aromatic N) is 1. The molecule has 1 nitrogen and oxygen atoms in total. The Labute approximate surface area is 66.0 Å². The molecule has 60 valence electrons. The van der Waals surface area contributed by atoms with Crippen molar-refractivity contribution in [1.82, 2.24) is 0 Å². The molecule has 0 N–H and O–H groups in total. The van der Waals surface area contributed by atoms with E-state index in [9.17, 15) is 4.39 Å². The van der Waals surface area contributed by atoms with E-state index in [2.05, 4.69) is 4.99 Å². The summed E-state index contributed by atoms with van der Waals surface area (Å²) in [6.07, 6.45) is 3.97. The molecule has 1 saturated carbocycles. The minimum Gasteiger partial charge on any atom is -0.289 e. The predicted octanol–water partition coefficient (Wildman–Crippen LogP) is 2.34. The Morgan fingerprint density at radius 1 is 1.55 bits per heavy atom. The molecule has 0 radical (unpaired) electrons. The van der Waals surface area contributed by atoms with Crippen molar-refractivity contribution >= 4 is 5.71 Å². The van der Waals surface area contributed by atoms with E-state index < -0.39 is 0 Å². The summed E-state index contributed by atoms with van der Waals surface area (Å²) in [4.78, 5) is 4.22. The lowest BCUT2D eigenvalue weighted by Gasteiger charge is -2.15. The summed E-state index contributed by atoms with van der Waals surface area (Å²) in [6.45, 7) is 2.53. The van der Waals surface area contributed by atoms with Gasteiger partial charge in [-0.3, -0.25) is 4.99 Å². The van der Waals surface area contributed by atoms with Crippen LogP contribution in [0.2, 0.25) is 0 Å². The summed E-state index contributed by atoms with van der Waals surface area (Å²) in [7, 11) is 0. The van der Waals surface area contributed by atoms with Crippen molar-refractivity contribution in [2.75, 3.05) is 6.54 Å². The normalized spacial score (nSPS) is 31.3. The highest BCUT2D eigenvalue weighted by molar-refractivity contribution is 5.93. The molecule has 1 unspecified atom stereocenters. The molecular formula is C9H12FN. The molecule has 1 fully saturated rings. The maximum absolute atomic E-state index is 13.2. The SMILES string of the molecule is CC1=NCC(C2CC2)C(F)=C1. The van der Waals surface area contributed by atoms with E-state index in [0.29, 0.717) is 12.5 Å². The van der Waals surface area contributed by atoms with Crippen LogP contribution >= 0.6 is 0 Å². The summed E-state index contributed by atoms with van der Waals surface area (Å²) >= 11 is 0. The van der Waals surface area contributed by atoms with E-state index in [-0.39, 0.29) is 11.7 Å². The summed E-state index contributed by atoms with van der Waals surface area (Å²) in [5.41, 5.74) is 0.833. The van der Waals surface area contributed by atoms with Crippen molar-refractivity contribution < 1.29 is 4.39 Å². The van der Waals surface area contributed by atoms with Crippen molar-refractivity contribution in [1.29, 1.82) is 0 Å². The van der Waals surface area contributed by atoms with Gasteiger partial charge in [-0.05, 0) is 31.8 Å². The van der Waals surface area contributed by atoms with Gasteiger partial charge in [-0.15, -0.1) is 0 Å². The second-order valence-corrected chi connectivity index (χ2v) is 3.46. The zero-order valence-electron chi connectivity index (χ0n) is 6.68. The fourth-order valence-corrected chi connectivity index (χ4v) is 1.55. The van der Waals surface area contributed by atoms with E-state index in [0.717, 1.165) is 5.71 Å². The van der Waals surface area contributed by atoms with E-state index in [4.69, 9.17) is 0 Å². The number of rotatable bonds is 1. The molecule has 2 heteroatoms. The van der Waals surface area contributed by atoms with E-state index in [1.165, 1.54) is 12.8 Å². The molecular weight excluding hydrogens is 141 g/mol. The molecule has 2 rings (SSSR count). The first kappa shape index (κ1) is 7.01. The van der Waals surface area contributed by atoms with Gasteiger partial charge in [0.1, 0.15) is 5.83 Å². The van der Waals surface area contributed by atoms with Gasteiger partial charge in [0.15, 0.2) is 0 Å². The first-order chi connectivity index (χ1) is 5.27. The molecule has 0 aromatic carbocycles. The minimum atomic E-state index is 0.0556. The quantitative estimate of drug-likeness (QED) is 0.548. The molecule has 1 aliphatic carbocycles. The Balaban J connectivity index is 2.11. The standard InChI is InChI=1S/C9H12FN/c1-6-4-9(10)8(5-11-6)7-2-3-7/h4,7-8H,2-3,5H2,1H3. The largest absolute Gasteiger partial charge is 0.289 e. The number of hydrogen-bond acceptors (Lipinski definition) is 1. The molecule has 1 heterocycles. The zero-order chi connectivity index (χ0) is 7.84. The number of halogens is 1. The fourth-order valence-electron chi connectivity index (χ4n) is 1.55. The zero-order valence-corrected chi connectivity index (χ0v) is 6.68. The van der Waals surface area contributed by atoms with Crippen LogP contribution in [0.1, 0.15) is 19.8 Å². The topological polar surface area (TPSA) is 12.4 Å². The second-order valence-electron chi connectivity index (χ2n) is 3.46. The lowest BCUT2D eigenvalue weighted by atomic mass is 9.99. The third-order valence-corrected chi connectivity index (χ3v) is 2.43. The average molecular weight is 153 g/mol. The monoisotopic (exact) mass is 153 g/mol. The van der Waals surface area contributed by atoms with Gasteiger partial charge in [-0.2, -0.15) is 0 Å². The molecule has 0 aromatic heterocycles. The van der Waals surface area contributed by atoms with Gasteiger partial charge in [-0.1, -0.05) is 0 Å². The molecule has 2 aliphatic rings. The van der Waals surface area contributed by atoms with Crippen LogP contribution in [0.4, 0.5) is 4.39 Å². The summed E-state index contributed by atoms with van der Waals surface area (Å²) in [5.74, 6) is 0.779. The highest BCUT2D eigenvalue weighted by atomic mass is 19.1. The second kappa shape index (κ2) is 2.43. The summed E-state index contributed by atoms with van der Waals surface area (Å²) in [6, 6.07) is 0. The Morgan fingerprint density at radius 3 is 2.82 bits per heavy atom. The van der Waals surface area contributed by atoms with Gasteiger partial charge in [0.25, 0.3) is 0 Å². The Hall–Kier alpha value is -0.660. The van der Waals surface area contributed by atoms with Crippen LogP contribution in [0.15, 0.2) is 16.9 Å². The van der Waals surface area contributed by atoms with Crippen molar-refractivity contribution in [3.63, 3.8) is 0 Å². The number of dihydropyridines is 1. The molecule has 0 spiro atoms. The molecule has 0 amide bonds. The van der Waals surface area contributed by atoms with Crippen molar-refractivity contribution in [2.24, 2.45) is 16.8 Å². The van der Waals surface area contributed by atoms with Crippen LogP contribution in [0.3, 0.4) is 0 Å². The molecule has 1 aliphatic heterocycles. The van der Waals surface area contributed by atoms with Gasteiger partial charge in [0, 0.05) is 18.2 Å². The first-order valence-corrected chi connectivity index (χ1v) is 4.15. The third kappa shape index (κ3) is 1.35. The number of hydrogen-bond donors (Lipinski definition) is 0. The van der Waals surface area contributed by atoms with E-state index in [1.807, 2.05) is 6.92 Å². The van der Waals surface area contributed by atoms with Crippen LogP contribution in [0, 0.1) is 11.8 Å². The molecule has 0 saturated heterocycles. The lowest BCUT2D eigenvalue weighted by molar-refractivity contribution is 0.428. The smallest absolute Gasteiger partial charge is 0.107 e. The summed E-state index contributed by atoms with van der Waals surface area (Å²) in [5, 5.41) is 0. The highest BCUT2D eigenvalue weighted by Gasteiger charge is 2.34. The van der Waals surface area contributed by atoms with E-state index in [1.54, 1.807) is 6.08 Å². The Bertz CT molecular complexity index is 226. The number of aliphatic imine (C=N–C) groups is 1. The van der Waals surface area contributed by atoms with Crippen LogP contribution in [-0.4, -0.2) is 12.3 Å². The average Bonchev–Trinajstić information content (AvgIpc) is 2.70. The Kier molecular flexibility index (Phi) is 1.55.